The quantitative estimate of drug-likeness (QED) is 0.850. The first kappa shape index (κ1) is 13.5. The van der Waals surface area contributed by atoms with E-state index in [2.05, 4.69) is 10.3 Å². The molecule has 0 aliphatic heterocycles. The number of carbonyl (C=O) groups is 1. The number of hydrogen-bond donors (Lipinski definition) is 2. The number of aromatic nitrogens is 1. The van der Waals surface area contributed by atoms with Crippen molar-refractivity contribution in [1.29, 1.82) is 0 Å². The summed E-state index contributed by atoms with van der Waals surface area (Å²) >= 11 is 1.62. The van der Waals surface area contributed by atoms with Gasteiger partial charge in [0.2, 0.25) is 5.91 Å². The van der Waals surface area contributed by atoms with Crippen molar-refractivity contribution in [1.82, 2.24) is 10.3 Å². The Labute approximate surface area is 112 Å². The molecule has 1 aliphatic carbocycles. The Bertz CT molecular complexity index is 410. The molecule has 0 unspecified atom stereocenters. The van der Waals surface area contributed by atoms with Crippen molar-refractivity contribution in [2.75, 3.05) is 6.54 Å². The number of nitrogens with one attached hydrogen (secondary N) is 1. The van der Waals surface area contributed by atoms with Crippen LogP contribution in [-0.2, 0) is 17.6 Å². The number of aryl methyl sites for hydroxylation is 1. The van der Waals surface area contributed by atoms with E-state index in [9.17, 15) is 4.79 Å². The van der Waals surface area contributed by atoms with Crippen LogP contribution in [0.3, 0.4) is 0 Å². The summed E-state index contributed by atoms with van der Waals surface area (Å²) in [5, 5.41) is 4.15. The summed E-state index contributed by atoms with van der Waals surface area (Å²) in [6, 6.07) is 0.397. The van der Waals surface area contributed by atoms with Gasteiger partial charge in [0.25, 0.3) is 0 Å². The van der Waals surface area contributed by atoms with Crippen LogP contribution in [0.4, 0.5) is 0 Å². The van der Waals surface area contributed by atoms with Crippen LogP contribution in [0.15, 0.2) is 0 Å². The Morgan fingerprint density at radius 1 is 1.50 bits per heavy atom. The highest BCUT2D eigenvalue weighted by molar-refractivity contribution is 7.11. The molecular formula is C13H21N3OS. The minimum atomic E-state index is 0.132. The molecule has 1 saturated carbocycles. The molecular weight excluding hydrogens is 246 g/mol. The third-order valence-electron chi connectivity index (χ3n) is 3.34. The van der Waals surface area contributed by atoms with Gasteiger partial charge in [-0.05, 0) is 26.3 Å². The van der Waals surface area contributed by atoms with E-state index in [0.29, 0.717) is 19.0 Å². The molecule has 3 N–H and O–H groups in total. The molecule has 100 valence electrons. The topological polar surface area (TPSA) is 68.0 Å². The number of thiazole rings is 1. The van der Waals surface area contributed by atoms with Gasteiger partial charge in [-0.15, -0.1) is 11.3 Å². The lowest BCUT2D eigenvalue weighted by Crippen LogP contribution is -2.33. The zero-order valence-corrected chi connectivity index (χ0v) is 11.7. The zero-order valence-electron chi connectivity index (χ0n) is 10.9. The van der Waals surface area contributed by atoms with Gasteiger partial charge in [-0.3, -0.25) is 4.79 Å². The van der Waals surface area contributed by atoms with Gasteiger partial charge in [0.1, 0.15) is 0 Å². The van der Waals surface area contributed by atoms with E-state index in [4.69, 9.17) is 5.73 Å². The summed E-state index contributed by atoms with van der Waals surface area (Å²) in [7, 11) is 0. The first-order valence-electron chi connectivity index (χ1n) is 6.63. The van der Waals surface area contributed by atoms with Crippen molar-refractivity contribution in [2.45, 2.75) is 51.5 Å². The van der Waals surface area contributed by atoms with Crippen molar-refractivity contribution in [3.8, 4) is 0 Å². The zero-order chi connectivity index (χ0) is 13.0. The predicted molar refractivity (Wildman–Crippen MR) is 73.7 cm³/mol. The SMILES string of the molecule is Cc1nc(CCN)sc1CC(=O)NC1CCCC1. The minimum Gasteiger partial charge on any atom is -0.353 e. The summed E-state index contributed by atoms with van der Waals surface area (Å²) in [6.45, 7) is 2.58. The molecule has 0 spiro atoms. The van der Waals surface area contributed by atoms with Crippen molar-refractivity contribution >= 4 is 17.2 Å². The Hall–Kier alpha value is -0.940. The molecule has 1 amide bonds. The smallest absolute Gasteiger partial charge is 0.225 e. The van der Waals surface area contributed by atoms with Crippen LogP contribution in [0, 0.1) is 6.92 Å². The number of carbonyl (C=O) groups excluding carboxylic acids is 1. The standard InChI is InChI=1S/C13H21N3OS/c1-9-11(18-13(15-9)6-7-14)8-12(17)16-10-4-2-3-5-10/h10H,2-8,14H2,1H3,(H,16,17). The molecule has 4 nitrogen and oxygen atoms in total. The van der Waals surface area contributed by atoms with Crippen LogP contribution < -0.4 is 11.1 Å². The highest BCUT2D eigenvalue weighted by Gasteiger charge is 2.18. The summed E-state index contributed by atoms with van der Waals surface area (Å²) in [5.41, 5.74) is 6.49. The highest BCUT2D eigenvalue weighted by atomic mass is 32.1. The maximum Gasteiger partial charge on any atom is 0.225 e. The lowest BCUT2D eigenvalue weighted by atomic mass is 10.2. The lowest BCUT2D eigenvalue weighted by molar-refractivity contribution is -0.121. The van der Waals surface area contributed by atoms with Crippen molar-refractivity contribution < 1.29 is 4.79 Å². The van der Waals surface area contributed by atoms with E-state index < -0.39 is 0 Å². The van der Waals surface area contributed by atoms with E-state index in [-0.39, 0.29) is 5.91 Å². The molecule has 0 saturated heterocycles. The molecule has 1 aromatic rings. The summed E-state index contributed by atoms with van der Waals surface area (Å²) in [5.74, 6) is 0.132. The van der Waals surface area contributed by atoms with Gasteiger partial charge in [-0.2, -0.15) is 0 Å². The number of hydrogen-bond acceptors (Lipinski definition) is 4. The van der Waals surface area contributed by atoms with E-state index in [0.717, 1.165) is 34.8 Å². The van der Waals surface area contributed by atoms with Gasteiger partial charge in [0, 0.05) is 17.3 Å². The summed E-state index contributed by atoms with van der Waals surface area (Å²) in [6.07, 6.45) is 6.01. The fourth-order valence-corrected chi connectivity index (χ4v) is 3.46. The molecule has 0 atom stereocenters. The second-order valence-corrected chi connectivity index (χ2v) is 6.05. The van der Waals surface area contributed by atoms with Gasteiger partial charge in [-0.1, -0.05) is 12.8 Å². The van der Waals surface area contributed by atoms with Crippen LogP contribution >= 0.6 is 11.3 Å². The molecule has 2 rings (SSSR count). The number of amides is 1. The Kier molecular flexibility index (Phi) is 4.72. The average Bonchev–Trinajstić information content (AvgIpc) is 2.91. The van der Waals surface area contributed by atoms with E-state index in [1.807, 2.05) is 6.92 Å². The van der Waals surface area contributed by atoms with Gasteiger partial charge in [0.05, 0.1) is 17.1 Å². The third kappa shape index (κ3) is 3.53. The van der Waals surface area contributed by atoms with Crippen molar-refractivity contribution in [2.24, 2.45) is 5.73 Å². The van der Waals surface area contributed by atoms with Gasteiger partial charge in [0.15, 0.2) is 0 Å². The summed E-state index contributed by atoms with van der Waals surface area (Å²) in [4.78, 5) is 17.5. The van der Waals surface area contributed by atoms with E-state index in [1.54, 1.807) is 11.3 Å². The fraction of sp³-hybridized carbons (Fsp3) is 0.692. The minimum absolute atomic E-state index is 0.132. The molecule has 0 aromatic carbocycles. The lowest BCUT2D eigenvalue weighted by Gasteiger charge is -2.11. The summed E-state index contributed by atoms with van der Waals surface area (Å²) < 4.78 is 0. The van der Waals surface area contributed by atoms with Crippen LogP contribution in [0.1, 0.15) is 41.3 Å². The number of rotatable bonds is 5. The molecule has 1 aromatic heterocycles. The largest absolute Gasteiger partial charge is 0.353 e. The molecule has 18 heavy (non-hydrogen) atoms. The molecule has 1 aliphatic rings. The first-order chi connectivity index (χ1) is 8.69. The van der Waals surface area contributed by atoms with Crippen LogP contribution in [0.5, 0.6) is 0 Å². The van der Waals surface area contributed by atoms with Crippen LogP contribution in [-0.4, -0.2) is 23.5 Å². The second-order valence-electron chi connectivity index (χ2n) is 4.88. The normalized spacial score (nSPS) is 16.1. The predicted octanol–water partition coefficient (Wildman–Crippen LogP) is 1.55. The maximum absolute atomic E-state index is 11.9. The van der Waals surface area contributed by atoms with Crippen molar-refractivity contribution in [3.05, 3.63) is 15.6 Å². The van der Waals surface area contributed by atoms with Gasteiger partial charge >= 0.3 is 0 Å². The number of nitrogens with two attached hydrogens (primary N) is 1. The number of nitrogens with zero attached hydrogens (tertiary/aromatic N) is 1. The molecule has 1 heterocycles. The van der Waals surface area contributed by atoms with Crippen LogP contribution in [0.25, 0.3) is 0 Å². The first-order valence-corrected chi connectivity index (χ1v) is 7.45. The Balaban J connectivity index is 1.89. The van der Waals surface area contributed by atoms with Crippen LogP contribution in [0.2, 0.25) is 0 Å². The van der Waals surface area contributed by atoms with Gasteiger partial charge in [-0.25, -0.2) is 4.98 Å². The maximum atomic E-state index is 11.9. The second kappa shape index (κ2) is 6.29. The van der Waals surface area contributed by atoms with E-state index >= 15 is 0 Å². The Morgan fingerprint density at radius 2 is 2.22 bits per heavy atom. The fourth-order valence-electron chi connectivity index (χ4n) is 2.38. The van der Waals surface area contributed by atoms with Crippen molar-refractivity contribution in [3.63, 3.8) is 0 Å². The van der Waals surface area contributed by atoms with Gasteiger partial charge < -0.3 is 11.1 Å². The third-order valence-corrected chi connectivity index (χ3v) is 4.55. The van der Waals surface area contributed by atoms with E-state index in [1.165, 1.54) is 12.8 Å². The highest BCUT2D eigenvalue weighted by Crippen LogP contribution is 2.20. The molecule has 0 bridgehead atoms. The molecule has 1 fully saturated rings. The monoisotopic (exact) mass is 267 g/mol. The molecule has 5 heteroatoms. The molecule has 0 radical (unpaired) electrons. The Morgan fingerprint density at radius 3 is 2.89 bits per heavy atom. The average molecular weight is 267 g/mol.